The highest BCUT2D eigenvalue weighted by Gasteiger charge is 2.01. The van der Waals surface area contributed by atoms with Gasteiger partial charge in [-0.3, -0.25) is 0 Å². The van der Waals surface area contributed by atoms with Gasteiger partial charge in [-0.2, -0.15) is 0 Å². The summed E-state index contributed by atoms with van der Waals surface area (Å²) in [5.41, 5.74) is 0. The Labute approximate surface area is 77.5 Å². The Morgan fingerprint density at radius 1 is 1.33 bits per heavy atom. The summed E-state index contributed by atoms with van der Waals surface area (Å²) in [6.07, 6.45) is 8.16. The van der Waals surface area contributed by atoms with E-state index in [1.165, 1.54) is 19.4 Å². The molecule has 0 aromatic carbocycles. The summed E-state index contributed by atoms with van der Waals surface area (Å²) in [6, 6.07) is 0. The first-order valence-corrected chi connectivity index (χ1v) is 5.07. The molecule has 0 aliphatic heterocycles. The SMILES string of the molecule is CC/C=C/N(C)CC(C)CCC. The van der Waals surface area contributed by atoms with Gasteiger partial charge in [0.05, 0.1) is 0 Å². The van der Waals surface area contributed by atoms with E-state index in [-0.39, 0.29) is 0 Å². The minimum absolute atomic E-state index is 0.821. The normalized spacial score (nSPS) is 13.7. The molecule has 0 amide bonds. The van der Waals surface area contributed by atoms with Gasteiger partial charge in [0.15, 0.2) is 0 Å². The van der Waals surface area contributed by atoms with Gasteiger partial charge in [0, 0.05) is 13.6 Å². The fraction of sp³-hybridized carbons (Fsp3) is 0.818. The average molecular weight is 169 g/mol. The van der Waals surface area contributed by atoms with E-state index >= 15 is 0 Å². The van der Waals surface area contributed by atoms with Crippen LogP contribution in [0.15, 0.2) is 12.3 Å². The molecule has 0 aliphatic rings. The molecule has 1 unspecified atom stereocenters. The molecule has 12 heavy (non-hydrogen) atoms. The largest absolute Gasteiger partial charge is 0.380 e. The molecule has 0 spiro atoms. The lowest BCUT2D eigenvalue weighted by molar-refractivity contribution is 0.355. The summed E-state index contributed by atoms with van der Waals surface area (Å²) >= 11 is 0. The highest BCUT2D eigenvalue weighted by molar-refractivity contribution is 4.79. The van der Waals surface area contributed by atoms with Crippen LogP contribution in [-0.2, 0) is 0 Å². The molecule has 0 aliphatic carbocycles. The molecule has 0 aromatic rings. The molecule has 0 aromatic heterocycles. The summed E-state index contributed by atoms with van der Waals surface area (Å²) < 4.78 is 0. The number of rotatable bonds is 6. The Morgan fingerprint density at radius 2 is 2.00 bits per heavy atom. The van der Waals surface area contributed by atoms with Gasteiger partial charge in [-0.25, -0.2) is 0 Å². The molecule has 72 valence electrons. The van der Waals surface area contributed by atoms with Crippen LogP contribution in [0.2, 0.25) is 0 Å². The predicted molar refractivity (Wildman–Crippen MR) is 56.1 cm³/mol. The first kappa shape index (κ1) is 11.5. The van der Waals surface area contributed by atoms with Crippen molar-refractivity contribution in [2.45, 2.75) is 40.0 Å². The van der Waals surface area contributed by atoms with E-state index < -0.39 is 0 Å². The van der Waals surface area contributed by atoms with Crippen LogP contribution in [0.1, 0.15) is 40.0 Å². The average Bonchev–Trinajstić information content (AvgIpc) is 2.01. The van der Waals surface area contributed by atoms with Crippen molar-refractivity contribution in [2.75, 3.05) is 13.6 Å². The van der Waals surface area contributed by atoms with Crippen molar-refractivity contribution in [3.8, 4) is 0 Å². The Morgan fingerprint density at radius 3 is 2.50 bits per heavy atom. The topological polar surface area (TPSA) is 3.24 Å². The van der Waals surface area contributed by atoms with Gasteiger partial charge in [-0.1, -0.05) is 33.3 Å². The van der Waals surface area contributed by atoms with Crippen LogP contribution in [0, 0.1) is 5.92 Å². The van der Waals surface area contributed by atoms with Crippen molar-refractivity contribution >= 4 is 0 Å². The summed E-state index contributed by atoms with van der Waals surface area (Å²) in [6.45, 7) is 7.92. The summed E-state index contributed by atoms with van der Waals surface area (Å²) in [5.74, 6) is 0.821. The van der Waals surface area contributed by atoms with E-state index in [9.17, 15) is 0 Å². The smallest absolute Gasteiger partial charge is 0.0194 e. The van der Waals surface area contributed by atoms with Gasteiger partial charge in [0.1, 0.15) is 0 Å². The molecule has 1 heteroatoms. The van der Waals surface area contributed by atoms with Crippen LogP contribution in [0.5, 0.6) is 0 Å². The Kier molecular flexibility index (Phi) is 6.93. The molecule has 0 fully saturated rings. The molecule has 0 saturated carbocycles. The highest BCUT2D eigenvalue weighted by atomic mass is 15.1. The van der Waals surface area contributed by atoms with Gasteiger partial charge in [0.2, 0.25) is 0 Å². The van der Waals surface area contributed by atoms with Gasteiger partial charge in [-0.15, -0.1) is 0 Å². The third-order valence-electron chi connectivity index (χ3n) is 1.98. The molecule has 0 heterocycles. The van der Waals surface area contributed by atoms with Crippen LogP contribution in [-0.4, -0.2) is 18.5 Å². The third-order valence-corrected chi connectivity index (χ3v) is 1.98. The van der Waals surface area contributed by atoms with Crippen molar-refractivity contribution in [1.29, 1.82) is 0 Å². The van der Waals surface area contributed by atoms with Crippen LogP contribution in [0.25, 0.3) is 0 Å². The second-order valence-corrected chi connectivity index (χ2v) is 3.63. The Hall–Kier alpha value is -0.460. The maximum absolute atomic E-state index is 2.32. The van der Waals surface area contributed by atoms with Crippen LogP contribution >= 0.6 is 0 Å². The number of hydrogen-bond donors (Lipinski definition) is 0. The van der Waals surface area contributed by atoms with Gasteiger partial charge >= 0.3 is 0 Å². The van der Waals surface area contributed by atoms with Gasteiger partial charge in [-0.05, 0) is 25.0 Å². The van der Waals surface area contributed by atoms with Crippen LogP contribution in [0.4, 0.5) is 0 Å². The zero-order valence-electron chi connectivity index (χ0n) is 9.01. The fourth-order valence-electron chi connectivity index (χ4n) is 1.42. The molecule has 1 nitrogen and oxygen atoms in total. The Balaban J connectivity index is 3.53. The number of allylic oxidation sites excluding steroid dienone is 1. The Bertz CT molecular complexity index is 118. The lowest BCUT2D eigenvalue weighted by Gasteiger charge is -2.18. The van der Waals surface area contributed by atoms with Crippen molar-refractivity contribution in [1.82, 2.24) is 4.90 Å². The molecular formula is C11H23N. The minimum atomic E-state index is 0.821. The van der Waals surface area contributed by atoms with Crippen LogP contribution < -0.4 is 0 Å². The van der Waals surface area contributed by atoms with E-state index in [0.29, 0.717) is 0 Å². The molecule has 0 radical (unpaired) electrons. The van der Waals surface area contributed by atoms with Crippen LogP contribution in [0.3, 0.4) is 0 Å². The molecule has 0 rings (SSSR count). The zero-order chi connectivity index (χ0) is 9.40. The minimum Gasteiger partial charge on any atom is -0.380 e. The van der Waals surface area contributed by atoms with E-state index in [4.69, 9.17) is 0 Å². The molecule has 0 bridgehead atoms. The molecule has 0 N–H and O–H groups in total. The van der Waals surface area contributed by atoms with Crippen molar-refractivity contribution in [3.63, 3.8) is 0 Å². The maximum atomic E-state index is 2.32. The first-order valence-electron chi connectivity index (χ1n) is 5.07. The van der Waals surface area contributed by atoms with E-state index in [1.807, 2.05) is 0 Å². The third kappa shape index (κ3) is 6.26. The second-order valence-electron chi connectivity index (χ2n) is 3.63. The quantitative estimate of drug-likeness (QED) is 0.590. The van der Waals surface area contributed by atoms with Gasteiger partial charge < -0.3 is 4.90 Å². The summed E-state index contributed by atoms with van der Waals surface area (Å²) in [7, 11) is 2.15. The molecular weight excluding hydrogens is 146 g/mol. The van der Waals surface area contributed by atoms with E-state index in [1.54, 1.807) is 0 Å². The van der Waals surface area contributed by atoms with E-state index in [2.05, 4.69) is 45.0 Å². The summed E-state index contributed by atoms with van der Waals surface area (Å²) in [5, 5.41) is 0. The number of hydrogen-bond acceptors (Lipinski definition) is 1. The predicted octanol–water partition coefficient (Wildman–Crippen LogP) is 3.28. The molecule has 1 atom stereocenters. The monoisotopic (exact) mass is 169 g/mol. The number of nitrogens with zero attached hydrogens (tertiary/aromatic N) is 1. The first-order chi connectivity index (χ1) is 5.70. The standard InChI is InChI=1S/C11H23N/c1-5-7-9-12(4)10-11(3)8-6-2/h7,9,11H,5-6,8,10H2,1-4H3/b9-7+. The van der Waals surface area contributed by atoms with Gasteiger partial charge in [0.25, 0.3) is 0 Å². The maximum Gasteiger partial charge on any atom is 0.0194 e. The lowest BCUT2D eigenvalue weighted by Crippen LogP contribution is -2.18. The second kappa shape index (κ2) is 7.20. The van der Waals surface area contributed by atoms with Crippen molar-refractivity contribution in [2.24, 2.45) is 5.92 Å². The lowest BCUT2D eigenvalue weighted by atomic mass is 10.1. The highest BCUT2D eigenvalue weighted by Crippen LogP contribution is 2.06. The van der Waals surface area contributed by atoms with Crippen molar-refractivity contribution in [3.05, 3.63) is 12.3 Å². The van der Waals surface area contributed by atoms with Crippen molar-refractivity contribution < 1.29 is 0 Å². The fourth-order valence-corrected chi connectivity index (χ4v) is 1.42. The molecule has 0 saturated heterocycles. The van der Waals surface area contributed by atoms with E-state index in [0.717, 1.165) is 12.3 Å². The summed E-state index contributed by atoms with van der Waals surface area (Å²) in [4.78, 5) is 2.28. The zero-order valence-corrected chi connectivity index (χ0v) is 9.01.